The summed E-state index contributed by atoms with van der Waals surface area (Å²) in [5.74, 6) is -0.667. The number of rotatable bonds is 7. The van der Waals surface area contributed by atoms with Gasteiger partial charge in [0.1, 0.15) is 5.71 Å². The Morgan fingerprint density at radius 1 is 1.24 bits per heavy atom. The van der Waals surface area contributed by atoms with Crippen LogP contribution in [0, 0.1) is 6.92 Å². The van der Waals surface area contributed by atoms with E-state index < -0.39 is 6.10 Å². The van der Waals surface area contributed by atoms with Crippen molar-refractivity contribution in [1.82, 2.24) is 4.98 Å². The van der Waals surface area contributed by atoms with E-state index in [-0.39, 0.29) is 11.9 Å². The molecule has 0 saturated heterocycles. The number of carbonyl (C=O) groups excluding carboxylic acids is 2. The van der Waals surface area contributed by atoms with Crippen LogP contribution >= 0.6 is 11.3 Å². The van der Waals surface area contributed by atoms with Crippen LogP contribution in [0.4, 0.5) is 0 Å². The second-order valence-corrected chi connectivity index (χ2v) is 7.07. The van der Waals surface area contributed by atoms with Crippen molar-refractivity contribution < 1.29 is 19.2 Å². The molecule has 7 heteroatoms. The smallest absolute Gasteiger partial charge is 0.335 e. The quantitative estimate of drug-likeness (QED) is 0.414. The fraction of sp³-hybridized carbons (Fsp3) is 0.556. The van der Waals surface area contributed by atoms with E-state index in [1.165, 1.54) is 0 Å². The van der Waals surface area contributed by atoms with Crippen molar-refractivity contribution in [2.24, 2.45) is 5.16 Å². The molecular formula is C18H24N2O4S. The van der Waals surface area contributed by atoms with Gasteiger partial charge in [0.15, 0.2) is 6.10 Å². The van der Waals surface area contributed by atoms with Crippen LogP contribution in [0.5, 0.6) is 0 Å². The Hall–Kier alpha value is -2.02. The van der Waals surface area contributed by atoms with E-state index in [4.69, 9.17) is 9.57 Å². The highest BCUT2D eigenvalue weighted by atomic mass is 32.1. The molecule has 0 spiro atoms. The molecule has 1 atom stereocenters. The highest BCUT2D eigenvalue weighted by Crippen LogP contribution is 2.35. The van der Waals surface area contributed by atoms with E-state index in [9.17, 15) is 9.59 Å². The molecule has 136 valence electrons. The molecule has 0 amide bonds. The minimum Gasteiger partial charge on any atom is -0.451 e. The van der Waals surface area contributed by atoms with Gasteiger partial charge in [-0.25, -0.2) is 9.78 Å². The minimum atomic E-state index is -0.592. The van der Waals surface area contributed by atoms with Gasteiger partial charge in [0.05, 0.1) is 10.7 Å². The van der Waals surface area contributed by atoms with Gasteiger partial charge in [-0.15, -0.1) is 11.3 Å². The first-order chi connectivity index (χ1) is 12.0. The normalized spacial score (nSPS) is 18.7. The lowest BCUT2D eigenvalue weighted by atomic mass is 10.1. The Morgan fingerprint density at radius 3 is 2.52 bits per heavy atom. The molecule has 0 saturated carbocycles. The summed E-state index contributed by atoms with van der Waals surface area (Å²) in [6, 6.07) is 0. The fourth-order valence-electron chi connectivity index (χ4n) is 2.61. The zero-order valence-corrected chi connectivity index (χ0v) is 15.9. The maximum atomic E-state index is 12.0. The Kier molecular flexibility index (Phi) is 6.87. The molecule has 6 nitrogen and oxygen atoms in total. The Balaban J connectivity index is 2.24. The van der Waals surface area contributed by atoms with Crippen LogP contribution in [-0.2, 0) is 19.2 Å². The molecule has 1 aromatic heterocycles. The van der Waals surface area contributed by atoms with E-state index in [0.717, 1.165) is 21.8 Å². The maximum Gasteiger partial charge on any atom is 0.335 e. The average Bonchev–Trinajstić information content (AvgIpc) is 3.11. The number of hydrogen-bond acceptors (Lipinski definition) is 7. The van der Waals surface area contributed by atoms with Crippen LogP contribution in [0.3, 0.4) is 0 Å². The van der Waals surface area contributed by atoms with Gasteiger partial charge in [-0.2, -0.15) is 0 Å². The number of oxime groups is 1. The number of aromatic nitrogens is 1. The molecule has 2 rings (SSSR count). The molecule has 1 heterocycles. The number of hydrogen-bond donors (Lipinski definition) is 0. The SMILES string of the molecule is CCCC(=O)O/N=C1\CC(c2csc(C)n2)=C(C)C1OC(=O)CCC. The molecule has 0 aliphatic heterocycles. The van der Waals surface area contributed by atoms with Crippen molar-refractivity contribution in [3.8, 4) is 0 Å². The van der Waals surface area contributed by atoms with Gasteiger partial charge in [-0.05, 0) is 37.8 Å². The molecule has 0 aromatic carbocycles. The van der Waals surface area contributed by atoms with Crippen molar-refractivity contribution in [2.45, 2.75) is 65.9 Å². The Morgan fingerprint density at radius 2 is 1.92 bits per heavy atom. The summed E-state index contributed by atoms with van der Waals surface area (Å²) in [5.41, 5.74) is 3.26. The third-order valence-electron chi connectivity index (χ3n) is 3.88. The fourth-order valence-corrected chi connectivity index (χ4v) is 3.23. The second-order valence-electron chi connectivity index (χ2n) is 6.01. The molecule has 1 aliphatic rings. The molecule has 1 aromatic rings. The average molecular weight is 364 g/mol. The highest BCUT2D eigenvalue weighted by Gasteiger charge is 2.34. The molecule has 0 radical (unpaired) electrons. The van der Waals surface area contributed by atoms with E-state index in [1.54, 1.807) is 11.3 Å². The van der Waals surface area contributed by atoms with Crippen molar-refractivity contribution >= 4 is 34.6 Å². The maximum absolute atomic E-state index is 12.0. The first kappa shape index (κ1) is 19.3. The van der Waals surface area contributed by atoms with Gasteiger partial charge in [0.25, 0.3) is 0 Å². The topological polar surface area (TPSA) is 77.8 Å². The lowest BCUT2D eigenvalue weighted by Gasteiger charge is -2.14. The molecule has 25 heavy (non-hydrogen) atoms. The number of esters is 1. The van der Waals surface area contributed by atoms with Crippen molar-refractivity contribution in [3.63, 3.8) is 0 Å². The van der Waals surface area contributed by atoms with Crippen LogP contribution in [0.2, 0.25) is 0 Å². The number of carbonyl (C=O) groups is 2. The molecule has 0 fully saturated rings. The van der Waals surface area contributed by atoms with Crippen molar-refractivity contribution in [2.75, 3.05) is 0 Å². The molecule has 1 unspecified atom stereocenters. The molecule has 1 aliphatic carbocycles. The van der Waals surface area contributed by atoms with Crippen LogP contribution in [0.25, 0.3) is 5.57 Å². The number of aryl methyl sites for hydroxylation is 1. The predicted molar refractivity (Wildman–Crippen MR) is 97.3 cm³/mol. The summed E-state index contributed by atoms with van der Waals surface area (Å²) in [6.45, 7) is 7.67. The third-order valence-corrected chi connectivity index (χ3v) is 4.65. The highest BCUT2D eigenvalue weighted by molar-refractivity contribution is 7.09. The first-order valence-electron chi connectivity index (χ1n) is 8.54. The predicted octanol–water partition coefficient (Wildman–Crippen LogP) is 4.04. The van der Waals surface area contributed by atoms with E-state index in [2.05, 4.69) is 10.1 Å². The summed E-state index contributed by atoms with van der Waals surface area (Å²) in [6.07, 6.45) is 1.92. The molecule has 0 bridgehead atoms. The van der Waals surface area contributed by atoms with E-state index in [1.807, 2.05) is 33.1 Å². The lowest BCUT2D eigenvalue weighted by molar-refractivity contribution is -0.144. The minimum absolute atomic E-state index is 0.282. The van der Waals surface area contributed by atoms with Crippen LogP contribution < -0.4 is 0 Å². The summed E-state index contributed by atoms with van der Waals surface area (Å²) in [5, 5.41) is 6.94. The Labute approximate surface area is 151 Å². The Bertz CT molecular complexity index is 706. The number of allylic oxidation sites excluding steroid dienone is 1. The number of thiazole rings is 1. The van der Waals surface area contributed by atoms with Crippen molar-refractivity contribution in [1.29, 1.82) is 0 Å². The largest absolute Gasteiger partial charge is 0.451 e. The summed E-state index contributed by atoms with van der Waals surface area (Å²) >= 11 is 1.56. The van der Waals surface area contributed by atoms with Crippen molar-refractivity contribution in [3.05, 3.63) is 21.7 Å². The van der Waals surface area contributed by atoms with Gasteiger partial charge < -0.3 is 9.57 Å². The molecular weight excluding hydrogens is 340 g/mol. The summed E-state index contributed by atoms with van der Waals surface area (Å²) in [7, 11) is 0. The van der Waals surface area contributed by atoms with Crippen LogP contribution in [-0.4, -0.2) is 28.7 Å². The monoisotopic (exact) mass is 364 g/mol. The van der Waals surface area contributed by atoms with Crippen LogP contribution in [0.1, 0.15) is 63.6 Å². The summed E-state index contributed by atoms with van der Waals surface area (Å²) < 4.78 is 5.58. The van der Waals surface area contributed by atoms with Crippen LogP contribution in [0.15, 0.2) is 16.1 Å². The second kappa shape index (κ2) is 8.89. The lowest BCUT2D eigenvalue weighted by Crippen LogP contribution is -2.25. The number of ether oxygens (including phenoxy) is 1. The van der Waals surface area contributed by atoms with E-state index >= 15 is 0 Å². The van der Waals surface area contributed by atoms with Gasteiger partial charge in [-0.1, -0.05) is 19.0 Å². The third kappa shape index (κ3) is 4.98. The van der Waals surface area contributed by atoms with Gasteiger partial charge in [0.2, 0.25) is 0 Å². The van der Waals surface area contributed by atoms with Gasteiger partial charge in [-0.3, -0.25) is 4.79 Å². The van der Waals surface area contributed by atoms with Gasteiger partial charge >= 0.3 is 11.9 Å². The summed E-state index contributed by atoms with van der Waals surface area (Å²) in [4.78, 5) is 33.1. The standard InChI is InChI=1S/C18H24N2O4S/c1-5-7-16(21)23-18-11(3)13(15-10-25-12(4)19-15)9-14(18)20-24-17(22)8-6-2/h10,18H,5-9H2,1-4H3/b20-14+. The zero-order chi connectivity index (χ0) is 18.4. The van der Waals surface area contributed by atoms with E-state index in [0.29, 0.717) is 37.8 Å². The van der Waals surface area contributed by atoms with Gasteiger partial charge in [0, 0.05) is 24.6 Å². The first-order valence-corrected chi connectivity index (χ1v) is 9.42. The molecule has 0 N–H and O–H groups in total. The zero-order valence-electron chi connectivity index (χ0n) is 15.1. The number of nitrogens with zero attached hydrogens (tertiary/aromatic N) is 2.